The van der Waals surface area contributed by atoms with Gasteiger partial charge in [-0.15, -0.1) is 0 Å². The van der Waals surface area contributed by atoms with Crippen molar-refractivity contribution in [3.05, 3.63) is 58.4 Å². The van der Waals surface area contributed by atoms with E-state index in [1.165, 1.54) is 0 Å². The van der Waals surface area contributed by atoms with E-state index in [0.29, 0.717) is 24.6 Å². The van der Waals surface area contributed by atoms with Crippen LogP contribution in [0, 0.1) is 0 Å². The summed E-state index contributed by atoms with van der Waals surface area (Å²) in [5, 5.41) is 4.00. The summed E-state index contributed by atoms with van der Waals surface area (Å²) in [5.41, 5.74) is 1.88. The number of carbonyl (C=O) groups is 1. The lowest BCUT2D eigenvalue weighted by Crippen LogP contribution is -2.26. The van der Waals surface area contributed by atoms with Crippen LogP contribution in [-0.4, -0.2) is 34.8 Å². The Morgan fingerprint density at radius 3 is 2.89 bits per heavy atom. The van der Waals surface area contributed by atoms with E-state index in [-0.39, 0.29) is 19.2 Å². The van der Waals surface area contributed by atoms with E-state index in [9.17, 15) is 4.79 Å². The molecule has 1 aliphatic heterocycles. The Labute approximate surface area is 170 Å². The average molecular weight is 444 g/mol. The zero-order valence-corrected chi connectivity index (χ0v) is 16.8. The van der Waals surface area contributed by atoms with E-state index in [1.54, 1.807) is 11.9 Å². The van der Waals surface area contributed by atoms with Crippen LogP contribution >= 0.6 is 15.9 Å². The molecule has 2 aromatic carbocycles. The zero-order valence-electron chi connectivity index (χ0n) is 15.2. The van der Waals surface area contributed by atoms with Crippen molar-refractivity contribution in [2.24, 2.45) is 0 Å². The topological polar surface area (TPSA) is 77.7 Å². The van der Waals surface area contributed by atoms with E-state index in [4.69, 9.17) is 14.0 Å². The summed E-state index contributed by atoms with van der Waals surface area (Å²) in [5.74, 6) is 2.36. The van der Waals surface area contributed by atoms with Crippen LogP contribution in [0.25, 0.3) is 11.4 Å². The minimum Gasteiger partial charge on any atom is -0.454 e. The number of hydrogen-bond acceptors (Lipinski definition) is 6. The smallest absolute Gasteiger partial charge is 0.246 e. The van der Waals surface area contributed by atoms with Crippen molar-refractivity contribution in [2.75, 3.05) is 13.8 Å². The van der Waals surface area contributed by atoms with Gasteiger partial charge in [-0.3, -0.25) is 4.79 Å². The van der Waals surface area contributed by atoms with Gasteiger partial charge < -0.3 is 18.9 Å². The molecular weight excluding hydrogens is 426 g/mol. The number of carbonyl (C=O) groups excluding carboxylic acids is 1. The molecule has 0 radical (unpaired) electrons. The third-order valence-electron chi connectivity index (χ3n) is 4.41. The molecule has 1 aromatic heterocycles. The van der Waals surface area contributed by atoms with E-state index in [1.807, 2.05) is 42.5 Å². The van der Waals surface area contributed by atoms with Gasteiger partial charge >= 0.3 is 0 Å². The fraction of sp³-hybridized carbons (Fsp3) is 0.250. The Hall–Kier alpha value is -2.87. The van der Waals surface area contributed by atoms with Gasteiger partial charge in [0, 0.05) is 23.5 Å². The third-order valence-corrected chi connectivity index (χ3v) is 4.91. The molecule has 1 amide bonds. The van der Waals surface area contributed by atoms with Crippen LogP contribution in [0.15, 0.2) is 51.5 Å². The van der Waals surface area contributed by atoms with E-state index in [0.717, 1.165) is 27.1 Å². The first-order valence-corrected chi connectivity index (χ1v) is 9.59. The van der Waals surface area contributed by atoms with Crippen molar-refractivity contribution in [3.8, 4) is 22.9 Å². The summed E-state index contributed by atoms with van der Waals surface area (Å²) in [6.07, 6.45) is 0.996. The number of hydrogen-bond donors (Lipinski definition) is 0. The lowest BCUT2D eigenvalue weighted by atomic mass is 10.1. The van der Waals surface area contributed by atoms with E-state index in [2.05, 4.69) is 26.1 Å². The molecule has 1 aliphatic rings. The summed E-state index contributed by atoms with van der Waals surface area (Å²) < 4.78 is 16.9. The maximum atomic E-state index is 12.4. The fourth-order valence-corrected chi connectivity index (χ4v) is 3.29. The van der Waals surface area contributed by atoms with Gasteiger partial charge in [-0.05, 0) is 36.2 Å². The molecule has 8 heteroatoms. The van der Waals surface area contributed by atoms with Crippen LogP contribution in [0.3, 0.4) is 0 Å². The second-order valence-corrected chi connectivity index (χ2v) is 7.38. The molecule has 0 aliphatic carbocycles. The number of rotatable bonds is 6. The summed E-state index contributed by atoms with van der Waals surface area (Å²) in [6.45, 7) is 0.507. The summed E-state index contributed by atoms with van der Waals surface area (Å²) in [6, 6.07) is 13.4. The molecular formula is C20H18BrN3O4. The molecule has 2 heterocycles. The van der Waals surface area contributed by atoms with Gasteiger partial charge in [0.1, 0.15) is 0 Å². The first kappa shape index (κ1) is 18.5. The number of ether oxygens (including phenoxy) is 2. The number of halogens is 1. The maximum absolute atomic E-state index is 12.4. The minimum absolute atomic E-state index is 0.000118. The largest absolute Gasteiger partial charge is 0.454 e. The molecule has 0 unspecified atom stereocenters. The zero-order chi connectivity index (χ0) is 19.5. The second-order valence-electron chi connectivity index (χ2n) is 6.46. The predicted octanol–water partition coefficient (Wildman–Crippen LogP) is 3.82. The molecule has 0 bridgehead atoms. The first-order valence-electron chi connectivity index (χ1n) is 8.79. The van der Waals surface area contributed by atoms with Gasteiger partial charge in [-0.25, -0.2) is 0 Å². The Morgan fingerprint density at radius 1 is 1.18 bits per heavy atom. The SMILES string of the molecule is CN(Cc1nc(-c2cccc(Br)c2)no1)C(=O)CCc1ccc2c(c1)OCO2. The highest BCUT2D eigenvalue weighted by Crippen LogP contribution is 2.32. The highest BCUT2D eigenvalue weighted by atomic mass is 79.9. The van der Waals surface area contributed by atoms with Gasteiger partial charge in [0.15, 0.2) is 11.5 Å². The van der Waals surface area contributed by atoms with Crippen LogP contribution < -0.4 is 9.47 Å². The standard InChI is InChI=1S/C20H18BrN3O4/c1-24(11-18-22-20(23-28-18)14-3-2-4-15(21)10-14)19(25)8-6-13-5-7-16-17(9-13)27-12-26-16/h2-5,7,9-10H,6,8,11-12H2,1H3. The molecule has 0 spiro atoms. The van der Waals surface area contributed by atoms with Crippen LogP contribution in [0.5, 0.6) is 11.5 Å². The number of benzene rings is 2. The normalized spacial score (nSPS) is 12.2. The lowest BCUT2D eigenvalue weighted by Gasteiger charge is -2.14. The Balaban J connectivity index is 1.33. The second kappa shape index (κ2) is 8.02. The number of aromatic nitrogens is 2. The highest BCUT2D eigenvalue weighted by molar-refractivity contribution is 9.10. The summed E-state index contributed by atoms with van der Waals surface area (Å²) in [4.78, 5) is 18.4. The highest BCUT2D eigenvalue weighted by Gasteiger charge is 2.17. The molecule has 0 saturated carbocycles. The number of amides is 1. The first-order chi connectivity index (χ1) is 13.6. The van der Waals surface area contributed by atoms with Gasteiger partial charge in [0.05, 0.1) is 6.54 Å². The van der Waals surface area contributed by atoms with Crippen molar-refractivity contribution in [1.82, 2.24) is 15.0 Å². The molecule has 7 nitrogen and oxygen atoms in total. The molecule has 0 fully saturated rings. The fourth-order valence-electron chi connectivity index (χ4n) is 2.89. The van der Waals surface area contributed by atoms with Gasteiger partial charge in [0.25, 0.3) is 0 Å². The lowest BCUT2D eigenvalue weighted by molar-refractivity contribution is -0.130. The third kappa shape index (κ3) is 4.17. The summed E-state index contributed by atoms with van der Waals surface area (Å²) in [7, 11) is 1.73. The molecule has 4 rings (SSSR count). The van der Waals surface area contributed by atoms with Gasteiger partial charge in [-0.2, -0.15) is 4.98 Å². The Bertz CT molecular complexity index is 1000. The molecule has 28 heavy (non-hydrogen) atoms. The molecule has 144 valence electrons. The van der Waals surface area contributed by atoms with Crippen molar-refractivity contribution < 1.29 is 18.8 Å². The van der Waals surface area contributed by atoms with E-state index >= 15 is 0 Å². The quantitative estimate of drug-likeness (QED) is 0.576. The number of fused-ring (bicyclic) bond motifs is 1. The van der Waals surface area contributed by atoms with Crippen LogP contribution in [0.1, 0.15) is 17.9 Å². The van der Waals surface area contributed by atoms with E-state index < -0.39 is 0 Å². The van der Waals surface area contributed by atoms with Crippen molar-refractivity contribution >= 4 is 21.8 Å². The number of nitrogens with zero attached hydrogens (tertiary/aromatic N) is 3. The van der Waals surface area contributed by atoms with Crippen molar-refractivity contribution in [3.63, 3.8) is 0 Å². The molecule has 0 saturated heterocycles. The monoisotopic (exact) mass is 443 g/mol. The average Bonchev–Trinajstić information content (AvgIpc) is 3.35. The Kier molecular flexibility index (Phi) is 5.29. The number of aryl methyl sites for hydroxylation is 1. The molecule has 0 atom stereocenters. The van der Waals surface area contributed by atoms with Crippen molar-refractivity contribution in [2.45, 2.75) is 19.4 Å². The maximum Gasteiger partial charge on any atom is 0.246 e. The van der Waals surface area contributed by atoms with Crippen LogP contribution in [0.4, 0.5) is 0 Å². The molecule has 0 N–H and O–H groups in total. The summed E-state index contributed by atoms with van der Waals surface area (Å²) >= 11 is 3.42. The molecule has 3 aromatic rings. The minimum atomic E-state index is -0.000118. The van der Waals surface area contributed by atoms with Crippen molar-refractivity contribution in [1.29, 1.82) is 0 Å². The van der Waals surface area contributed by atoms with Crippen LogP contribution in [0.2, 0.25) is 0 Å². The predicted molar refractivity (Wildman–Crippen MR) is 105 cm³/mol. The van der Waals surface area contributed by atoms with Gasteiger partial charge in [0.2, 0.25) is 24.4 Å². The van der Waals surface area contributed by atoms with Gasteiger partial charge in [-0.1, -0.05) is 39.3 Å². The Morgan fingerprint density at radius 2 is 2.04 bits per heavy atom. The van der Waals surface area contributed by atoms with Crippen LogP contribution in [-0.2, 0) is 17.8 Å².